The van der Waals surface area contributed by atoms with Gasteiger partial charge in [0, 0.05) is 51.9 Å². The molecule has 0 aliphatic carbocycles. The number of piperidine rings is 1. The Bertz CT molecular complexity index is 626. The molecule has 0 bridgehead atoms. The number of hydrogen-bond donors (Lipinski definition) is 0. The van der Waals surface area contributed by atoms with Gasteiger partial charge in [0.05, 0.1) is 17.4 Å². The number of anilines is 1. The van der Waals surface area contributed by atoms with E-state index in [9.17, 15) is 9.59 Å². The van der Waals surface area contributed by atoms with Crippen molar-refractivity contribution in [2.75, 3.05) is 37.6 Å². The lowest BCUT2D eigenvalue weighted by Crippen LogP contribution is -2.48. The summed E-state index contributed by atoms with van der Waals surface area (Å²) in [7, 11) is 0. The molecule has 2 fully saturated rings. The largest absolute Gasteiger partial charge is 0.367 e. The van der Waals surface area contributed by atoms with E-state index in [1.54, 1.807) is 13.1 Å². The van der Waals surface area contributed by atoms with Gasteiger partial charge < -0.3 is 14.7 Å². The molecule has 0 saturated carbocycles. The molecule has 25 heavy (non-hydrogen) atoms. The summed E-state index contributed by atoms with van der Waals surface area (Å²) >= 11 is 0. The van der Waals surface area contributed by atoms with Crippen molar-refractivity contribution in [2.45, 2.75) is 45.6 Å². The number of carbonyl (C=O) groups is 2. The van der Waals surface area contributed by atoms with Gasteiger partial charge in [0.1, 0.15) is 0 Å². The fourth-order valence-electron chi connectivity index (χ4n) is 3.86. The van der Waals surface area contributed by atoms with E-state index in [0.717, 1.165) is 57.7 Å². The van der Waals surface area contributed by atoms with E-state index in [2.05, 4.69) is 16.8 Å². The molecule has 2 saturated heterocycles. The van der Waals surface area contributed by atoms with E-state index >= 15 is 0 Å². The molecule has 2 aliphatic heterocycles. The topological polar surface area (TPSA) is 56.8 Å². The Morgan fingerprint density at radius 1 is 1.12 bits per heavy atom. The molecule has 6 heteroatoms. The second-order valence-corrected chi connectivity index (χ2v) is 6.98. The van der Waals surface area contributed by atoms with Crippen molar-refractivity contribution >= 4 is 17.5 Å². The Kier molecular flexibility index (Phi) is 5.56. The molecule has 2 aliphatic rings. The number of piperazine rings is 1. The highest BCUT2D eigenvalue weighted by Gasteiger charge is 2.27. The zero-order valence-electron chi connectivity index (χ0n) is 15.3. The number of nitrogens with zero attached hydrogens (tertiary/aromatic N) is 4. The van der Waals surface area contributed by atoms with Crippen LogP contribution in [0.1, 0.15) is 49.9 Å². The third-order valence-corrected chi connectivity index (χ3v) is 5.42. The van der Waals surface area contributed by atoms with Crippen LogP contribution in [0.4, 0.5) is 5.69 Å². The minimum atomic E-state index is 0.100. The first kappa shape index (κ1) is 17.7. The van der Waals surface area contributed by atoms with Crippen molar-refractivity contribution in [2.24, 2.45) is 0 Å². The van der Waals surface area contributed by atoms with Gasteiger partial charge in [0.15, 0.2) is 0 Å². The van der Waals surface area contributed by atoms with Gasteiger partial charge in [-0.25, -0.2) is 0 Å². The predicted molar refractivity (Wildman–Crippen MR) is 97.7 cm³/mol. The van der Waals surface area contributed by atoms with Crippen LogP contribution in [0.25, 0.3) is 0 Å². The van der Waals surface area contributed by atoms with Crippen molar-refractivity contribution in [3.8, 4) is 0 Å². The van der Waals surface area contributed by atoms with E-state index in [0.29, 0.717) is 11.6 Å². The zero-order valence-corrected chi connectivity index (χ0v) is 15.3. The lowest BCUT2D eigenvalue weighted by Gasteiger charge is -2.36. The molecule has 6 nitrogen and oxygen atoms in total. The monoisotopic (exact) mass is 344 g/mol. The van der Waals surface area contributed by atoms with Gasteiger partial charge >= 0.3 is 0 Å². The van der Waals surface area contributed by atoms with Gasteiger partial charge in [-0.2, -0.15) is 0 Å². The average molecular weight is 344 g/mol. The van der Waals surface area contributed by atoms with Crippen molar-refractivity contribution in [3.63, 3.8) is 0 Å². The number of carbonyl (C=O) groups excluding carboxylic acids is 2. The maximum Gasteiger partial charge on any atom is 0.255 e. The van der Waals surface area contributed by atoms with E-state index in [-0.39, 0.29) is 11.8 Å². The number of hydrogen-bond acceptors (Lipinski definition) is 4. The normalized spacial score (nSPS) is 21.4. The lowest BCUT2D eigenvalue weighted by molar-refractivity contribution is -0.129. The highest BCUT2D eigenvalue weighted by atomic mass is 16.2. The minimum absolute atomic E-state index is 0.100. The molecule has 136 valence electrons. The Morgan fingerprint density at radius 3 is 2.56 bits per heavy atom. The summed E-state index contributed by atoms with van der Waals surface area (Å²) in [6, 6.07) is 2.31. The van der Waals surface area contributed by atoms with Crippen molar-refractivity contribution in [3.05, 3.63) is 24.0 Å². The quantitative estimate of drug-likeness (QED) is 0.843. The van der Waals surface area contributed by atoms with Crippen LogP contribution in [0, 0.1) is 0 Å². The first-order chi connectivity index (χ1) is 12.1. The summed E-state index contributed by atoms with van der Waals surface area (Å²) in [5, 5.41) is 0. The fourth-order valence-corrected chi connectivity index (χ4v) is 3.86. The second-order valence-electron chi connectivity index (χ2n) is 6.98. The molecule has 1 aromatic heterocycles. The van der Waals surface area contributed by atoms with Gasteiger partial charge in [-0.15, -0.1) is 0 Å². The third-order valence-electron chi connectivity index (χ3n) is 5.42. The van der Waals surface area contributed by atoms with Crippen LogP contribution in [0.5, 0.6) is 0 Å². The third kappa shape index (κ3) is 3.94. The van der Waals surface area contributed by atoms with Gasteiger partial charge in [0.2, 0.25) is 5.91 Å². The maximum atomic E-state index is 13.0. The van der Waals surface area contributed by atoms with Crippen LogP contribution in [-0.2, 0) is 4.79 Å². The van der Waals surface area contributed by atoms with Crippen LogP contribution < -0.4 is 4.90 Å². The Morgan fingerprint density at radius 2 is 1.88 bits per heavy atom. The van der Waals surface area contributed by atoms with Crippen molar-refractivity contribution in [1.29, 1.82) is 0 Å². The van der Waals surface area contributed by atoms with E-state index in [4.69, 9.17) is 0 Å². The fraction of sp³-hybridized carbons (Fsp3) is 0.632. The number of rotatable bonds is 3. The summed E-state index contributed by atoms with van der Waals surface area (Å²) in [6.07, 6.45) is 7.89. The Balaban J connectivity index is 1.71. The molecular formula is C19H28N4O2. The highest BCUT2D eigenvalue weighted by Crippen LogP contribution is 2.23. The molecule has 0 N–H and O–H groups in total. The van der Waals surface area contributed by atoms with Gasteiger partial charge in [-0.3, -0.25) is 14.6 Å². The number of amides is 2. The van der Waals surface area contributed by atoms with Crippen LogP contribution in [0.2, 0.25) is 0 Å². The van der Waals surface area contributed by atoms with Gasteiger partial charge in [-0.05, 0) is 31.7 Å². The van der Waals surface area contributed by atoms with E-state index in [1.165, 1.54) is 6.42 Å². The highest BCUT2D eigenvalue weighted by molar-refractivity contribution is 5.95. The van der Waals surface area contributed by atoms with E-state index in [1.807, 2.05) is 22.1 Å². The maximum absolute atomic E-state index is 13.0. The first-order valence-corrected chi connectivity index (χ1v) is 9.36. The molecule has 0 spiro atoms. The second kappa shape index (κ2) is 7.85. The van der Waals surface area contributed by atoms with Crippen LogP contribution in [0.3, 0.4) is 0 Å². The number of aromatic nitrogens is 1. The van der Waals surface area contributed by atoms with E-state index < -0.39 is 0 Å². The first-order valence-electron chi connectivity index (χ1n) is 9.36. The summed E-state index contributed by atoms with van der Waals surface area (Å²) < 4.78 is 0. The van der Waals surface area contributed by atoms with Gasteiger partial charge in [0.25, 0.3) is 5.91 Å². The van der Waals surface area contributed by atoms with Crippen molar-refractivity contribution < 1.29 is 9.59 Å². The molecule has 3 rings (SSSR count). The summed E-state index contributed by atoms with van der Waals surface area (Å²) in [5.74, 6) is 0.223. The molecule has 3 heterocycles. The summed E-state index contributed by atoms with van der Waals surface area (Å²) in [5.41, 5.74) is 1.64. The minimum Gasteiger partial charge on any atom is -0.367 e. The molecular weight excluding hydrogens is 316 g/mol. The smallest absolute Gasteiger partial charge is 0.255 e. The van der Waals surface area contributed by atoms with Crippen LogP contribution >= 0.6 is 0 Å². The Labute approximate surface area is 149 Å². The number of pyridine rings is 1. The summed E-state index contributed by atoms with van der Waals surface area (Å²) in [4.78, 5) is 34.8. The molecule has 1 aromatic rings. The van der Waals surface area contributed by atoms with Gasteiger partial charge in [-0.1, -0.05) is 6.92 Å². The Hall–Kier alpha value is -2.11. The molecule has 1 unspecified atom stereocenters. The molecule has 0 radical (unpaired) electrons. The molecule has 2 amide bonds. The molecule has 0 aromatic carbocycles. The van der Waals surface area contributed by atoms with Crippen LogP contribution in [0.15, 0.2) is 18.5 Å². The van der Waals surface area contributed by atoms with Crippen molar-refractivity contribution in [1.82, 2.24) is 14.8 Å². The predicted octanol–water partition coefficient (Wildman–Crippen LogP) is 2.15. The van der Waals surface area contributed by atoms with Crippen LogP contribution in [-0.4, -0.2) is 65.4 Å². The SMILES string of the molecule is CCC1CCCCN1C(=O)c1cncc(N2CCN(C(C)=O)CC2)c1. The lowest BCUT2D eigenvalue weighted by atomic mass is 9.99. The average Bonchev–Trinajstić information content (AvgIpc) is 2.67. The standard InChI is InChI=1S/C19H28N4O2/c1-3-17-6-4-5-7-23(17)19(25)16-12-18(14-20-13-16)22-10-8-21(9-11-22)15(2)24/h12-14,17H,3-11H2,1-2H3. The zero-order chi connectivity index (χ0) is 17.8. The number of likely N-dealkylation sites (tertiary alicyclic amines) is 1. The molecule has 1 atom stereocenters. The summed E-state index contributed by atoms with van der Waals surface area (Å²) in [6.45, 7) is 7.60.